The van der Waals surface area contributed by atoms with Crippen molar-refractivity contribution in [2.75, 3.05) is 19.8 Å². The summed E-state index contributed by atoms with van der Waals surface area (Å²) in [4.78, 5) is 34.5. The van der Waals surface area contributed by atoms with E-state index in [2.05, 4.69) is 38.2 Å². The van der Waals surface area contributed by atoms with Gasteiger partial charge in [-0.05, 0) is 64.7 Å². The first-order chi connectivity index (χ1) is 22.3. The molecular weight excluding hydrogens is 603 g/mol. The Morgan fingerprint density at radius 1 is 0.565 bits per heavy atom. The minimum Gasteiger partial charge on any atom is -0.462 e. The van der Waals surface area contributed by atoms with Crippen LogP contribution in [0.4, 0.5) is 0 Å². The highest BCUT2D eigenvalue weighted by Gasteiger charge is 2.25. The Morgan fingerprint density at radius 3 is 1.52 bits per heavy atom. The van der Waals surface area contributed by atoms with Crippen LogP contribution >= 0.6 is 7.82 Å². The fraction of sp³-hybridized carbons (Fsp3) is 0.838. The lowest BCUT2D eigenvalue weighted by molar-refractivity contribution is -0.161. The molecule has 0 rings (SSSR count). The molecule has 0 aliphatic heterocycles. The molecule has 0 radical (unpaired) electrons. The van der Waals surface area contributed by atoms with Crippen LogP contribution in [0.2, 0.25) is 0 Å². The van der Waals surface area contributed by atoms with Crippen molar-refractivity contribution in [1.82, 2.24) is 0 Å². The summed E-state index contributed by atoms with van der Waals surface area (Å²) in [5.74, 6) is -0.820. The second kappa shape index (κ2) is 33.4. The molecule has 0 fully saturated rings. The predicted octanol–water partition coefficient (Wildman–Crippen LogP) is 11.1. The average Bonchev–Trinajstić information content (AvgIpc) is 3.03. The van der Waals surface area contributed by atoms with E-state index in [1.807, 2.05) is 0 Å². The van der Waals surface area contributed by atoms with Crippen LogP contribution in [-0.2, 0) is 32.7 Å². The topological polar surface area (TPSA) is 108 Å². The fourth-order valence-electron chi connectivity index (χ4n) is 4.98. The zero-order valence-corrected chi connectivity index (χ0v) is 30.6. The van der Waals surface area contributed by atoms with Crippen molar-refractivity contribution in [3.05, 3.63) is 24.3 Å². The highest BCUT2D eigenvalue weighted by Crippen LogP contribution is 2.43. The lowest BCUT2D eigenvalue weighted by Gasteiger charge is -2.19. The monoisotopic (exact) mass is 672 g/mol. The van der Waals surface area contributed by atoms with Gasteiger partial charge >= 0.3 is 19.8 Å². The maximum absolute atomic E-state index is 12.5. The van der Waals surface area contributed by atoms with Crippen LogP contribution in [-0.4, -0.2) is 42.8 Å². The van der Waals surface area contributed by atoms with Crippen molar-refractivity contribution in [2.24, 2.45) is 0 Å². The molecule has 46 heavy (non-hydrogen) atoms. The van der Waals surface area contributed by atoms with Crippen molar-refractivity contribution in [3.8, 4) is 0 Å². The van der Waals surface area contributed by atoms with Gasteiger partial charge < -0.3 is 14.4 Å². The molecule has 0 heterocycles. The summed E-state index contributed by atoms with van der Waals surface area (Å²) in [6.45, 7) is 5.37. The average molecular weight is 673 g/mol. The van der Waals surface area contributed by atoms with E-state index < -0.39 is 26.5 Å². The third-order valence-corrected chi connectivity index (χ3v) is 8.77. The van der Waals surface area contributed by atoms with E-state index >= 15 is 0 Å². The number of phosphoric acid groups is 1. The van der Waals surface area contributed by atoms with Gasteiger partial charge in [-0.25, -0.2) is 4.57 Å². The van der Waals surface area contributed by atoms with Gasteiger partial charge in [0.25, 0.3) is 0 Å². The number of rotatable bonds is 34. The first-order valence-electron chi connectivity index (χ1n) is 18.6. The van der Waals surface area contributed by atoms with Crippen molar-refractivity contribution < 1.29 is 37.6 Å². The molecular formula is C37H69O8P. The molecule has 0 aromatic heterocycles. The lowest BCUT2D eigenvalue weighted by atomic mass is 10.1. The lowest BCUT2D eigenvalue weighted by Crippen LogP contribution is -2.29. The minimum absolute atomic E-state index is 0.00167. The van der Waals surface area contributed by atoms with Gasteiger partial charge in [0.2, 0.25) is 0 Å². The number of phosphoric ester groups is 1. The smallest absolute Gasteiger partial charge is 0.462 e. The van der Waals surface area contributed by atoms with Gasteiger partial charge in [-0.1, -0.05) is 122 Å². The van der Waals surface area contributed by atoms with Crippen LogP contribution in [0.5, 0.6) is 0 Å². The molecule has 0 aromatic carbocycles. The fourth-order valence-corrected chi connectivity index (χ4v) is 5.73. The Morgan fingerprint density at radius 2 is 1.02 bits per heavy atom. The van der Waals surface area contributed by atoms with E-state index in [1.54, 1.807) is 6.92 Å². The molecule has 0 bridgehead atoms. The quantitative estimate of drug-likeness (QED) is 0.0311. The van der Waals surface area contributed by atoms with Gasteiger partial charge in [0.05, 0.1) is 13.2 Å². The van der Waals surface area contributed by atoms with Crippen LogP contribution in [0.15, 0.2) is 24.3 Å². The summed E-state index contributed by atoms with van der Waals surface area (Å²) in [7, 11) is -4.27. The molecule has 0 aliphatic carbocycles. The molecule has 0 aliphatic rings. The number of carbonyl (C=O) groups excluding carboxylic acids is 2. The third-order valence-electron chi connectivity index (χ3n) is 7.71. The standard InChI is InChI=1S/C37H69O8P/c1-4-7-9-11-13-15-17-18-19-20-21-22-24-26-28-30-32-37(39)45-35(34-44-46(40,41)43-6-3)33-42-36(38)31-29-27-25-23-16-14-12-10-8-5-2/h10,12,19-20,35H,4-9,11,13-18,21-34H2,1-3H3,(H,40,41)/b12-10-,20-19-. The highest BCUT2D eigenvalue weighted by molar-refractivity contribution is 7.47. The number of esters is 2. The van der Waals surface area contributed by atoms with E-state index in [0.717, 1.165) is 77.0 Å². The van der Waals surface area contributed by atoms with Crippen LogP contribution < -0.4 is 0 Å². The Labute approximate surface area is 282 Å². The van der Waals surface area contributed by atoms with Crippen LogP contribution in [0, 0.1) is 0 Å². The molecule has 2 unspecified atom stereocenters. The largest absolute Gasteiger partial charge is 0.472 e. The zero-order valence-electron chi connectivity index (χ0n) is 29.7. The summed E-state index contributed by atoms with van der Waals surface area (Å²) in [5, 5.41) is 0. The summed E-state index contributed by atoms with van der Waals surface area (Å²) < 4.78 is 32.4. The minimum atomic E-state index is -4.27. The van der Waals surface area contributed by atoms with Gasteiger partial charge in [-0.15, -0.1) is 0 Å². The van der Waals surface area contributed by atoms with Crippen molar-refractivity contribution in [3.63, 3.8) is 0 Å². The number of carbonyl (C=O) groups is 2. The summed E-state index contributed by atoms with van der Waals surface area (Å²) in [5.41, 5.74) is 0. The second-order valence-corrected chi connectivity index (χ2v) is 13.7. The predicted molar refractivity (Wildman–Crippen MR) is 189 cm³/mol. The Hall–Kier alpha value is -1.47. The number of hydrogen-bond donors (Lipinski definition) is 1. The molecule has 0 amide bonds. The summed E-state index contributed by atoms with van der Waals surface area (Å²) in [6.07, 6.45) is 33.8. The van der Waals surface area contributed by atoms with E-state index in [9.17, 15) is 19.0 Å². The van der Waals surface area contributed by atoms with E-state index in [4.69, 9.17) is 18.5 Å². The Bertz CT molecular complexity index is 813. The van der Waals surface area contributed by atoms with Gasteiger partial charge in [-0.2, -0.15) is 0 Å². The van der Waals surface area contributed by atoms with Gasteiger partial charge in [0.15, 0.2) is 6.10 Å². The molecule has 0 saturated carbocycles. The van der Waals surface area contributed by atoms with Gasteiger partial charge in [-0.3, -0.25) is 18.6 Å². The normalized spacial score (nSPS) is 13.7. The highest BCUT2D eigenvalue weighted by atomic mass is 31.2. The first kappa shape index (κ1) is 44.5. The first-order valence-corrected chi connectivity index (χ1v) is 20.1. The molecule has 0 saturated heterocycles. The maximum atomic E-state index is 12.5. The Kier molecular flexibility index (Phi) is 32.4. The molecule has 9 heteroatoms. The number of ether oxygens (including phenoxy) is 2. The second-order valence-electron chi connectivity index (χ2n) is 12.2. The molecule has 2 atom stereocenters. The maximum Gasteiger partial charge on any atom is 0.472 e. The molecule has 270 valence electrons. The van der Waals surface area contributed by atoms with Crippen LogP contribution in [0.3, 0.4) is 0 Å². The molecule has 8 nitrogen and oxygen atoms in total. The van der Waals surface area contributed by atoms with E-state index in [0.29, 0.717) is 6.42 Å². The van der Waals surface area contributed by atoms with Gasteiger partial charge in [0, 0.05) is 12.8 Å². The Balaban J connectivity index is 4.16. The molecule has 1 N–H and O–H groups in total. The van der Waals surface area contributed by atoms with Crippen molar-refractivity contribution in [1.29, 1.82) is 0 Å². The van der Waals surface area contributed by atoms with Crippen molar-refractivity contribution >= 4 is 19.8 Å². The SMILES string of the molecule is CCC/C=C\CCCCCCCC(=O)OCC(COP(=O)(O)OCC)OC(=O)CCCCCCC/C=C\CCCCCCCCC. The number of unbranched alkanes of at least 4 members (excludes halogenated alkanes) is 18. The third kappa shape index (κ3) is 32.5. The van der Waals surface area contributed by atoms with Crippen LogP contribution in [0.1, 0.15) is 175 Å². The van der Waals surface area contributed by atoms with Gasteiger partial charge in [0.1, 0.15) is 6.61 Å². The number of hydrogen-bond acceptors (Lipinski definition) is 7. The molecule has 0 aromatic rings. The van der Waals surface area contributed by atoms with Crippen LogP contribution in [0.25, 0.3) is 0 Å². The van der Waals surface area contributed by atoms with Crippen molar-refractivity contribution in [2.45, 2.75) is 181 Å². The van der Waals surface area contributed by atoms with E-state index in [-0.39, 0.29) is 32.0 Å². The molecule has 0 spiro atoms. The van der Waals surface area contributed by atoms with E-state index in [1.165, 1.54) is 57.8 Å². The summed E-state index contributed by atoms with van der Waals surface area (Å²) in [6, 6.07) is 0. The number of allylic oxidation sites excluding steroid dienone is 4. The summed E-state index contributed by atoms with van der Waals surface area (Å²) >= 11 is 0. The zero-order chi connectivity index (χ0) is 34.0.